The molecular weight excluding hydrogens is 148 g/mol. The molecule has 2 unspecified atom stereocenters. The maximum absolute atomic E-state index is 5.56. The number of nitrogens with one attached hydrogen (secondary N) is 1. The molecule has 3 N–H and O–H groups in total. The smallest absolute Gasteiger partial charge is 0.0287 e. The number of rotatable bonds is 5. The van der Waals surface area contributed by atoms with E-state index in [1.807, 2.05) is 0 Å². The van der Waals surface area contributed by atoms with Gasteiger partial charge in [0.25, 0.3) is 0 Å². The van der Waals surface area contributed by atoms with Crippen LogP contribution < -0.4 is 11.3 Å². The van der Waals surface area contributed by atoms with Crippen molar-refractivity contribution in [3.05, 3.63) is 0 Å². The Hall–Kier alpha value is -0.0800. The molecule has 0 saturated carbocycles. The van der Waals surface area contributed by atoms with Crippen molar-refractivity contribution in [2.24, 2.45) is 17.2 Å². The van der Waals surface area contributed by atoms with Gasteiger partial charge < -0.3 is 0 Å². The van der Waals surface area contributed by atoms with Gasteiger partial charge in [0, 0.05) is 6.04 Å². The molecule has 74 valence electrons. The molecule has 0 aromatic carbocycles. The monoisotopic (exact) mass is 172 g/mol. The summed E-state index contributed by atoms with van der Waals surface area (Å²) < 4.78 is 0. The van der Waals surface area contributed by atoms with Gasteiger partial charge in [-0.3, -0.25) is 11.3 Å². The molecule has 2 heteroatoms. The summed E-state index contributed by atoms with van der Waals surface area (Å²) in [7, 11) is 0. The van der Waals surface area contributed by atoms with Crippen LogP contribution in [0.1, 0.15) is 47.5 Å². The van der Waals surface area contributed by atoms with E-state index < -0.39 is 0 Å². The first-order chi connectivity index (χ1) is 5.49. The third kappa shape index (κ3) is 2.76. The average molecular weight is 172 g/mol. The van der Waals surface area contributed by atoms with Crippen LogP contribution >= 0.6 is 0 Å². The van der Waals surface area contributed by atoms with E-state index in [4.69, 9.17) is 5.84 Å². The molecule has 0 aliphatic carbocycles. The summed E-state index contributed by atoms with van der Waals surface area (Å²) in [5.74, 6) is 6.20. The van der Waals surface area contributed by atoms with Crippen LogP contribution in [0.5, 0.6) is 0 Å². The molecule has 2 atom stereocenters. The first kappa shape index (κ1) is 11.9. The van der Waals surface area contributed by atoms with Crippen LogP contribution in [0.4, 0.5) is 0 Å². The lowest BCUT2D eigenvalue weighted by atomic mass is 9.75. The minimum absolute atomic E-state index is 0.296. The van der Waals surface area contributed by atoms with Crippen molar-refractivity contribution in [2.75, 3.05) is 0 Å². The Balaban J connectivity index is 4.32. The molecule has 2 nitrogen and oxygen atoms in total. The fraction of sp³-hybridized carbons (Fsp3) is 1.00. The molecule has 0 fully saturated rings. The molecule has 0 saturated heterocycles. The normalized spacial score (nSPS) is 17.5. The van der Waals surface area contributed by atoms with Crippen molar-refractivity contribution in [1.29, 1.82) is 0 Å². The third-order valence-electron chi connectivity index (χ3n) is 3.15. The maximum Gasteiger partial charge on any atom is 0.0287 e. The van der Waals surface area contributed by atoms with E-state index in [9.17, 15) is 0 Å². The van der Waals surface area contributed by atoms with Crippen LogP contribution in [0.25, 0.3) is 0 Å². The van der Waals surface area contributed by atoms with Crippen LogP contribution in [-0.2, 0) is 0 Å². The Bertz CT molecular complexity index is 121. The predicted molar refractivity (Wildman–Crippen MR) is 54.6 cm³/mol. The van der Waals surface area contributed by atoms with Gasteiger partial charge >= 0.3 is 0 Å². The summed E-state index contributed by atoms with van der Waals surface area (Å²) in [5, 5.41) is 0. The van der Waals surface area contributed by atoms with Gasteiger partial charge in [-0.15, -0.1) is 0 Å². The zero-order valence-corrected chi connectivity index (χ0v) is 9.15. The van der Waals surface area contributed by atoms with E-state index in [1.54, 1.807) is 0 Å². The highest BCUT2D eigenvalue weighted by molar-refractivity contribution is 4.84. The second-order valence-corrected chi connectivity index (χ2v) is 4.37. The highest BCUT2D eigenvalue weighted by atomic mass is 15.2. The van der Waals surface area contributed by atoms with Gasteiger partial charge in [-0.05, 0) is 17.8 Å². The Morgan fingerprint density at radius 1 is 1.33 bits per heavy atom. The third-order valence-corrected chi connectivity index (χ3v) is 3.15. The van der Waals surface area contributed by atoms with E-state index >= 15 is 0 Å². The summed E-state index contributed by atoms with van der Waals surface area (Å²) in [6, 6.07) is 0.424. The van der Waals surface area contributed by atoms with Crippen molar-refractivity contribution in [2.45, 2.75) is 53.5 Å². The zero-order valence-electron chi connectivity index (χ0n) is 9.15. The molecule has 0 radical (unpaired) electrons. The molecule has 0 aliphatic rings. The summed E-state index contributed by atoms with van der Waals surface area (Å²) >= 11 is 0. The van der Waals surface area contributed by atoms with E-state index in [1.165, 1.54) is 6.42 Å². The van der Waals surface area contributed by atoms with Crippen molar-refractivity contribution in [3.63, 3.8) is 0 Å². The molecule has 0 amide bonds. The summed E-state index contributed by atoms with van der Waals surface area (Å²) in [6.45, 7) is 11.2. The first-order valence-electron chi connectivity index (χ1n) is 4.95. The summed E-state index contributed by atoms with van der Waals surface area (Å²) in [4.78, 5) is 0. The largest absolute Gasteiger partial charge is 0.271 e. The van der Waals surface area contributed by atoms with Crippen LogP contribution in [0, 0.1) is 11.3 Å². The van der Waals surface area contributed by atoms with Gasteiger partial charge in [0.1, 0.15) is 0 Å². The van der Waals surface area contributed by atoms with Crippen LogP contribution in [0.3, 0.4) is 0 Å². The van der Waals surface area contributed by atoms with Gasteiger partial charge in [-0.25, -0.2) is 0 Å². The molecule has 0 aliphatic heterocycles. The lowest BCUT2D eigenvalue weighted by Gasteiger charge is -2.36. The molecule has 12 heavy (non-hydrogen) atoms. The topological polar surface area (TPSA) is 38.0 Å². The van der Waals surface area contributed by atoms with Gasteiger partial charge in [0.05, 0.1) is 0 Å². The molecule has 0 heterocycles. The fourth-order valence-corrected chi connectivity index (χ4v) is 1.62. The zero-order chi connectivity index (χ0) is 9.78. The molecule has 0 bridgehead atoms. The molecule has 0 rings (SSSR count). The Kier molecular flexibility index (Phi) is 4.80. The van der Waals surface area contributed by atoms with Crippen LogP contribution in [0.2, 0.25) is 0 Å². The maximum atomic E-state index is 5.56. The van der Waals surface area contributed by atoms with E-state index in [0.29, 0.717) is 17.4 Å². The van der Waals surface area contributed by atoms with Crippen molar-refractivity contribution in [1.82, 2.24) is 5.43 Å². The Morgan fingerprint density at radius 2 is 1.83 bits per heavy atom. The van der Waals surface area contributed by atoms with Gasteiger partial charge in [0.2, 0.25) is 0 Å². The fourth-order valence-electron chi connectivity index (χ4n) is 1.62. The SMILES string of the molecule is CCC(C)C(NN)C(C)(C)CC. The summed E-state index contributed by atoms with van der Waals surface area (Å²) in [5.41, 5.74) is 3.24. The van der Waals surface area contributed by atoms with Gasteiger partial charge in [0.15, 0.2) is 0 Å². The number of hydrogen-bond acceptors (Lipinski definition) is 2. The first-order valence-corrected chi connectivity index (χ1v) is 4.95. The van der Waals surface area contributed by atoms with E-state index in [0.717, 1.165) is 6.42 Å². The Labute approximate surface area is 76.9 Å². The highest BCUT2D eigenvalue weighted by Gasteiger charge is 2.30. The van der Waals surface area contributed by atoms with Gasteiger partial charge in [-0.2, -0.15) is 0 Å². The second kappa shape index (κ2) is 4.83. The minimum Gasteiger partial charge on any atom is -0.271 e. The lowest BCUT2D eigenvalue weighted by Crippen LogP contribution is -2.49. The standard InChI is InChI=1S/C10H24N2/c1-6-8(3)9(12-11)10(4,5)7-2/h8-9,12H,6-7,11H2,1-5H3. The second-order valence-electron chi connectivity index (χ2n) is 4.37. The quantitative estimate of drug-likeness (QED) is 0.493. The van der Waals surface area contributed by atoms with E-state index in [-0.39, 0.29) is 0 Å². The van der Waals surface area contributed by atoms with Crippen molar-refractivity contribution < 1.29 is 0 Å². The number of nitrogens with two attached hydrogens (primary N) is 1. The number of hydrogen-bond donors (Lipinski definition) is 2. The predicted octanol–water partition coefficient (Wildman–Crippen LogP) is 2.30. The summed E-state index contributed by atoms with van der Waals surface area (Å²) in [6.07, 6.45) is 2.34. The number of hydrazine groups is 1. The van der Waals surface area contributed by atoms with Gasteiger partial charge in [-0.1, -0.05) is 41.0 Å². The average Bonchev–Trinajstić information content (AvgIpc) is 2.05. The molecule has 0 spiro atoms. The molecule has 0 aromatic heterocycles. The lowest BCUT2D eigenvalue weighted by molar-refractivity contribution is 0.173. The van der Waals surface area contributed by atoms with Crippen molar-refractivity contribution in [3.8, 4) is 0 Å². The van der Waals surface area contributed by atoms with Crippen LogP contribution in [0.15, 0.2) is 0 Å². The minimum atomic E-state index is 0.296. The van der Waals surface area contributed by atoms with E-state index in [2.05, 4.69) is 40.0 Å². The highest BCUT2D eigenvalue weighted by Crippen LogP contribution is 2.30. The molecular formula is C10H24N2. The van der Waals surface area contributed by atoms with Crippen molar-refractivity contribution >= 4 is 0 Å². The van der Waals surface area contributed by atoms with Crippen LogP contribution in [-0.4, -0.2) is 6.04 Å². The molecule has 0 aromatic rings. The Morgan fingerprint density at radius 3 is 2.08 bits per heavy atom.